The molecular weight excluding hydrogens is 520 g/mol. The summed E-state index contributed by atoms with van der Waals surface area (Å²) in [5.74, 6) is 0.376. The minimum atomic E-state index is -0.200. The van der Waals surface area contributed by atoms with E-state index in [0.717, 1.165) is 26.7 Å². The molecule has 5 rings (SSSR count). The van der Waals surface area contributed by atoms with E-state index in [4.69, 9.17) is 28.6 Å². The molecule has 0 aliphatic carbocycles. The summed E-state index contributed by atoms with van der Waals surface area (Å²) in [6, 6.07) is 20.8. The molecule has 0 unspecified atom stereocenters. The highest BCUT2D eigenvalue weighted by atomic mass is 35.5. The van der Waals surface area contributed by atoms with E-state index in [2.05, 4.69) is 0 Å². The van der Waals surface area contributed by atoms with Crippen LogP contribution in [0.2, 0.25) is 5.02 Å². The molecule has 0 radical (unpaired) electrons. The lowest BCUT2D eigenvalue weighted by Gasteiger charge is -2.31. The molecule has 1 saturated heterocycles. The van der Waals surface area contributed by atoms with Crippen LogP contribution in [0.4, 0.5) is 11.4 Å². The molecular formula is C26H19ClN2O3S3. The zero-order valence-electron chi connectivity index (χ0n) is 18.6. The summed E-state index contributed by atoms with van der Waals surface area (Å²) in [5, 5.41) is 0.557. The zero-order chi connectivity index (χ0) is 24.5. The maximum absolute atomic E-state index is 13.5. The molecule has 2 heterocycles. The van der Waals surface area contributed by atoms with E-state index < -0.39 is 0 Å². The van der Waals surface area contributed by atoms with E-state index in [1.807, 2.05) is 60.7 Å². The second kappa shape index (κ2) is 10.1. The van der Waals surface area contributed by atoms with E-state index in [0.29, 0.717) is 20.0 Å². The lowest BCUT2D eigenvalue weighted by atomic mass is 10.2. The third kappa shape index (κ3) is 4.84. The fourth-order valence-corrected chi connectivity index (χ4v) is 6.40. The quantitative estimate of drug-likeness (QED) is 0.264. The van der Waals surface area contributed by atoms with Gasteiger partial charge in [0, 0.05) is 27.8 Å². The van der Waals surface area contributed by atoms with E-state index in [1.165, 1.54) is 16.7 Å². The van der Waals surface area contributed by atoms with Gasteiger partial charge in [0.25, 0.3) is 5.91 Å². The van der Waals surface area contributed by atoms with Crippen molar-refractivity contribution in [3.8, 4) is 5.75 Å². The Morgan fingerprint density at radius 3 is 2.66 bits per heavy atom. The summed E-state index contributed by atoms with van der Waals surface area (Å²) in [5.41, 5.74) is 2.40. The largest absolute Gasteiger partial charge is 0.497 e. The van der Waals surface area contributed by atoms with E-state index in [-0.39, 0.29) is 24.8 Å². The normalized spacial score (nSPS) is 15.9. The number of anilines is 2. The summed E-state index contributed by atoms with van der Waals surface area (Å²) in [6.45, 7) is 0.195. The van der Waals surface area contributed by atoms with Crippen molar-refractivity contribution in [2.75, 3.05) is 18.6 Å². The molecule has 3 aromatic rings. The molecule has 35 heavy (non-hydrogen) atoms. The van der Waals surface area contributed by atoms with Gasteiger partial charge in [0.15, 0.2) is 0 Å². The number of carbonyl (C=O) groups excluding carboxylic acids is 2. The van der Waals surface area contributed by atoms with E-state index >= 15 is 0 Å². The van der Waals surface area contributed by atoms with Gasteiger partial charge in [-0.15, -0.1) is 0 Å². The first-order valence-electron chi connectivity index (χ1n) is 10.7. The van der Waals surface area contributed by atoms with E-state index in [1.54, 1.807) is 35.9 Å². The number of ether oxygens (including phenoxy) is 1. The lowest BCUT2D eigenvalue weighted by molar-refractivity contribution is -0.123. The number of para-hydroxylation sites is 1. The molecule has 5 nitrogen and oxygen atoms in total. The summed E-state index contributed by atoms with van der Waals surface area (Å²) in [6.07, 6.45) is 1.91. The molecule has 0 saturated carbocycles. The van der Waals surface area contributed by atoms with Crippen LogP contribution in [0.5, 0.6) is 5.75 Å². The van der Waals surface area contributed by atoms with Crippen molar-refractivity contribution in [3.63, 3.8) is 0 Å². The van der Waals surface area contributed by atoms with Gasteiger partial charge < -0.3 is 4.74 Å². The molecule has 0 aromatic heterocycles. The lowest BCUT2D eigenvalue weighted by Crippen LogP contribution is -2.35. The number of hydrogen-bond acceptors (Lipinski definition) is 6. The highest BCUT2D eigenvalue weighted by molar-refractivity contribution is 8.26. The molecule has 9 heteroatoms. The Balaban J connectivity index is 1.35. The van der Waals surface area contributed by atoms with E-state index in [9.17, 15) is 9.59 Å². The summed E-state index contributed by atoms with van der Waals surface area (Å²) in [4.78, 5) is 32.2. The molecule has 0 spiro atoms. The van der Waals surface area contributed by atoms with Crippen LogP contribution in [0, 0.1) is 0 Å². The number of nitrogens with zero attached hydrogens (tertiary/aromatic N) is 2. The predicted molar refractivity (Wildman–Crippen MR) is 147 cm³/mol. The maximum atomic E-state index is 13.5. The smallest absolute Gasteiger partial charge is 0.266 e. The molecule has 2 aliphatic heterocycles. The Bertz CT molecular complexity index is 1390. The molecule has 0 atom stereocenters. The number of rotatable bonds is 5. The summed E-state index contributed by atoms with van der Waals surface area (Å²) >= 11 is 14.6. The zero-order valence-corrected chi connectivity index (χ0v) is 21.8. The maximum Gasteiger partial charge on any atom is 0.266 e. The van der Waals surface area contributed by atoms with Crippen molar-refractivity contribution in [2.45, 2.75) is 16.2 Å². The number of amides is 2. The molecule has 1 fully saturated rings. The van der Waals surface area contributed by atoms with Crippen LogP contribution in [0.1, 0.15) is 12.0 Å². The standard InChI is InChI=1S/C26H19ClN2O3S3/c1-32-18-6-4-5-16(13-18)14-23-25(31)28(26(33)35-23)12-11-24(30)29-19-7-2-3-8-21(19)34-22-10-9-17(27)15-20(22)29/h2-10,13-15H,11-12H2,1H3/b23-14-. The van der Waals surface area contributed by atoms with Crippen LogP contribution in [0.3, 0.4) is 0 Å². The molecule has 176 valence electrons. The number of benzene rings is 3. The first-order chi connectivity index (χ1) is 16.9. The summed E-state index contributed by atoms with van der Waals surface area (Å²) < 4.78 is 5.70. The molecule has 0 N–H and O–H groups in total. The van der Waals surface area contributed by atoms with Gasteiger partial charge >= 0.3 is 0 Å². The first kappa shape index (κ1) is 23.9. The Morgan fingerprint density at radius 1 is 1.03 bits per heavy atom. The average Bonchev–Trinajstić information content (AvgIpc) is 3.13. The van der Waals surface area contributed by atoms with Crippen molar-refractivity contribution in [2.24, 2.45) is 0 Å². The number of fused-ring (bicyclic) bond motifs is 2. The molecule has 3 aromatic carbocycles. The van der Waals surface area contributed by atoms with Crippen LogP contribution < -0.4 is 9.64 Å². The van der Waals surface area contributed by atoms with Gasteiger partial charge in [0.1, 0.15) is 10.1 Å². The fourth-order valence-electron chi connectivity index (χ4n) is 3.89. The Labute approximate surface area is 222 Å². The Hall–Kier alpha value is -2.78. The monoisotopic (exact) mass is 538 g/mol. The number of thiocarbonyl (C=S) groups is 1. The van der Waals surface area contributed by atoms with Gasteiger partial charge in [-0.1, -0.05) is 71.6 Å². The van der Waals surface area contributed by atoms with Gasteiger partial charge in [0.05, 0.1) is 23.4 Å². The van der Waals surface area contributed by atoms with Crippen molar-refractivity contribution in [1.82, 2.24) is 4.90 Å². The third-order valence-corrected chi connectivity index (χ3v) is 8.29. The molecule has 2 aliphatic rings. The third-order valence-electron chi connectivity index (χ3n) is 5.55. The number of thioether (sulfide) groups is 1. The predicted octanol–water partition coefficient (Wildman–Crippen LogP) is 6.77. The number of carbonyl (C=O) groups is 2. The van der Waals surface area contributed by atoms with Crippen LogP contribution in [-0.4, -0.2) is 34.7 Å². The summed E-state index contributed by atoms with van der Waals surface area (Å²) in [7, 11) is 1.60. The SMILES string of the molecule is COc1cccc(/C=C2\SC(=S)N(CCC(=O)N3c4ccccc4Sc4ccc(Cl)cc43)C2=O)c1. The number of hydrogen-bond donors (Lipinski definition) is 0. The highest BCUT2D eigenvalue weighted by Crippen LogP contribution is 2.49. The minimum Gasteiger partial charge on any atom is -0.497 e. The Kier molecular flexibility index (Phi) is 6.88. The van der Waals surface area contributed by atoms with Crippen molar-refractivity contribution in [3.05, 3.63) is 82.2 Å². The van der Waals surface area contributed by atoms with Crippen molar-refractivity contribution < 1.29 is 14.3 Å². The van der Waals surface area contributed by atoms with Crippen molar-refractivity contribution >= 4 is 80.9 Å². The van der Waals surface area contributed by atoms with Gasteiger partial charge in [-0.25, -0.2) is 0 Å². The van der Waals surface area contributed by atoms with Gasteiger partial charge in [-0.2, -0.15) is 0 Å². The van der Waals surface area contributed by atoms with Crippen LogP contribution in [-0.2, 0) is 9.59 Å². The fraction of sp³-hybridized carbons (Fsp3) is 0.115. The highest BCUT2D eigenvalue weighted by Gasteiger charge is 2.34. The van der Waals surface area contributed by atoms with Crippen LogP contribution >= 0.6 is 47.3 Å². The molecule has 0 bridgehead atoms. The van der Waals surface area contributed by atoms with Gasteiger partial charge in [-0.3, -0.25) is 19.4 Å². The Morgan fingerprint density at radius 2 is 1.83 bits per heavy atom. The minimum absolute atomic E-state index is 0.115. The second-order valence-corrected chi connectivity index (χ2v) is 11.0. The topological polar surface area (TPSA) is 49.9 Å². The number of methoxy groups -OCH3 is 1. The van der Waals surface area contributed by atoms with Crippen molar-refractivity contribution in [1.29, 1.82) is 0 Å². The average molecular weight is 539 g/mol. The van der Waals surface area contributed by atoms with Gasteiger partial charge in [-0.05, 0) is 54.1 Å². The van der Waals surface area contributed by atoms with Crippen LogP contribution in [0.25, 0.3) is 6.08 Å². The second-order valence-electron chi connectivity index (χ2n) is 7.77. The van der Waals surface area contributed by atoms with Gasteiger partial charge in [0.2, 0.25) is 5.91 Å². The first-order valence-corrected chi connectivity index (χ1v) is 13.2. The number of halogens is 1. The van der Waals surface area contributed by atoms with Crippen LogP contribution in [0.15, 0.2) is 81.4 Å². The molecule has 2 amide bonds.